The molecule has 1 aliphatic rings. The van der Waals surface area contributed by atoms with Crippen molar-refractivity contribution in [2.24, 2.45) is 0 Å². The van der Waals surface area contributed by atoms with Crippen LogP contribution in [0.25, 0.3) is 0 Å². The first-order chi connectivity index (χ1) is 25.2. The van der Waals surface area contributed by atoms with Gasteiger partial charge in [0, 0.05) is 0 Å². The Morgan fingerprint density at radius 2 is 1.33 bits per heavy atom. The Hall–Kier alpha value is -5.54. The number of aromatic nitrogens is 3. The van der Waals surface area contributed by atoms with Crippen molar-refractivity contribution < 1.29 is 42.9 Å². The molecule has 0 saturated carbocycles. The van der Waals surface area contributed by atoms with Gasteiger partial charge in [-0.25, -0.2) is 19.2 Å². The van der Waals surface area contributed by atoms with E-state index < -0.39 is 71.5 Å². The van der Waals surface area contributed by atoms with Gasteiger partial charge in [-0.05, 0) is 49.7 Å². The lowest BCUT2D eigenvalue weighted by atomic mass is 10.1. The number of nitrogens with zero attached hydrogens (tertiary/aromatic N) is 2. The minimum atomic E-state index is -1.61. The summed E-state index contributed by atoms with van der Waals surface area (Å²) in [6.45, 7) is 3.22. The van der Waals surface area contributed by atoms with Crippen molar-refractivity contribution in [3.05, 3.63) is 129 Å². The fourth-order valence-electron chi connectivity index (χ4n) is 5.28. The molecule has 0 radical (unpaired) electrons. The molecule has 5 rings (SSSR count). The summed E-state index contributed by atoms with van der Waals surface area (Å²) in [4.78, 5) is 81.3. The summed E-state index contributed by atoms with van der Waals surface area (Å²) in [5.41, 5.74) is -1.38. The Morgan fingerprint density at radius 3 is 1.87 bits per heavy atom. The van der Waals surface area contributed by atoms with Crippen LogP contribution in [-0.2, 0) is 28.5 Å². The van der Waals surface area contributed by atoms with Crippen LogP contribution in [0.4, 0.5) is 0 Å². The number of esters is 4. The zero-order chi connectivity index (χ0) is 37.0. The minimum Gasteiger partial charge on any atom is -0.465 e. The van der Waals surface area contributed by atoms with E-state index in [9.17, 15) is 28.8 Å². The number of rotatable bonds is 15. The van der Waals surface area contributed by atoms with E-state index in [0.717, 1.165) is 22.9 Å². The van der Waals surface area contributed by atoms with E-state index in [1.165, 1.54) is 24.3 Å². The van der Waals surface area contributed by atoms with E-state index in [1.54, 1.807) is 73.7 Å². The zero-order valence-corrected chi connectivity index (χ0v) is 29.2. The molecule has 0 bridgehead atoms. The van der Waals surface area contributed by atoms with E-state index in [2.05, 4.69) is 10.1 Å². The number of benzene rings is 3. The fourth-order valence-corrected chi connectivity index (χ4v) is 6.30. The fraction of sp³-hybridized carbons (Fsp3) is 0.324. The molecule has 0 amide bonds. The standard InChI is InChI=1S/C37H37N3O11S/c1-3-5-21-27(36(45)47-4-2)52-31-30(41)38-37(46)40(39-31)32-29(51-35(44)25-19-13-8-14-20-25)28(50-34(43)24-17-11-7-12-18-24)26(49-32)22-48-33(42)23-15-9-6-10-16-23/h6-20,26-29,32H,3-5,21-22H2,1-2H3,(H,38,41,46). The second-order valence-electron chi connectivity index (χ2n) is 11.5. The maximum atomic E-state index is 13.5. The molecule has 0 spiro atoms. The molecule has 52 heavy (non-hydrogen) atoms. The van der Waals surface area contributed by atoms with Crippen molar-refractivity contribution >= 4 is 35.6 Å². The molecule has 3 aromatic carbocycles. The van der Waals surface area contributed by atoms with Gasteiger partial charge < -0.3 is 23.7 Å². The van der Waals surface area contributed by atoms with Gasteiger partial charge in [0.05, 0.1) is 23.3 Å². The molecule has 4 aromatic rings. The molecular weight excluding hydrogens is 694 g/mol. The number of aromatic amines is 1. The Bertz CT molecular complexity index is 1950. The highest BCUT2D eigenvalue weighted by Gasteiger charge is 2.52. The Balaban J connectivity index is 1.55. The lowest BCUT2D eigenvalue weighted by molar-refractivity contribution is -0.142. The average Bonchev–Trinajstić information content (AvgIpc) is 3.49. The van der Waals surface area contributed by atoms with Crippen LogP contribution in [-0.4, -0.2) is 75.4 Å². The molecule has 0 aliphatic carbocycles. The van der Waals surface area contributed by atoms with Crippen LogP contribution >= 0.6 is 11.8 Å². The van der Waals surface area contributed by atoms with Gasteiger partial charge in [-0.1, -0.05) is 86.1 Å². The van der Waals surface area contributed by atoms with Crippen molar-refractivity contribution in [3.8, 4) is 0 Å². The minimum absolute atomic E-state index is 0.120. The van der Waals surface area contributed by atoms with Gasteiger partial charge >= 0.3 is 29.6 Å². The second kappa shape index (κ2) is 18.1. The third kappa shape index (κ3) is 9.41. The van der Waals surface area contributed by atoms with Crippen molar-refractivity contribution in [3.63, 3.8) is 0 Å². The summed E-state index contributed by atoms with van der Waals surface area (Å²) >= 11 is 0.811. The van der Waals surface area contributed by atoms with Crippen molar-refractivity contribution in [1.29, 1.82) is 0 Å². The summed E-state index contributed by atoms with van der Waals surface area (Å²) in [7, 11) is 0. The van der Waals surface area contributed by atoms with Gasteiger partial charge in [-0.3, -0.25) is 14.6 Å². The third-order valence-corrected chi connectivity index (χ3v) is 9.07. The SMILES string of the molecule is CCCCC(Sc1nn(C2OC(COC(=O)c3ccccc3)C(OC(=O)c3ccccc3)C2OC(=O)c2ccccc2)c(=O)[nH]c1=O)C(=O)OCC. The summed E-state index contributed by atoms with van der Waals surface area (Å²) in [5, 5.41) is 3.19. The molecule has 1 saturated heterocycles. The third-order valence-electron chi connectivity index (χ3n) is 7.86. The van der Waals surface area contributed by atoms with Crippen LogP contribution in [0, 0.1) is 0 Å². The van der Waals surface area contributed by atoms with E-state index >= 15 is 0 Å². The van der Waals surface area contributed by atoms with Crippen LogP contribution < -0.4 is 11.2 Å². The number of unbranched alkanes of at least 4 members (excludes halogenated alkanes) is 1. The second-order valence-corrected chi connectivity index (χ2v) is 12.7. The molecular formula is C37H37N3O11S. The lowest BCUT2D eigenvalue weighted by Crippen LogP contribution is -2.44. The van der Waals surface area contributed by atoms with Gasteiger partial charge in [-0.15, -0.1) is 0 Å². The first-order valence-electron chi connectivity index (χ1n) is 16.7. The van der Waals surface area contributed by atoms with Gasteiger partial charge in [0.1, 0.15) is 18.0 Å². The Kier molecular flexibility index (Phi) is 13.1. The van der Waals surface area contributed by atoms with Crippen LogP contribution in [0.5, 0.6) is 0 Å². The van der Waals surface area contributed by atoms with E-state index in [-0.39, 0.29) is 28.3 Å². The predicted molar refractivity (Wildman–Crippen MR) is 187 cm³/mol. The number of hydrogen-bond donors (Lipinski definition) is 1. The topological polar surface area (TPSA) is 182 Å². The number of carbonyl (C=O) groups is 4. The molecule has 1 aromatic heterocycles. The van der Waals surface area contributed by atoms with E-state index in [1.807, 2.05) is 6.92 Å². The molecule has 1 N–H and O–H groups in total. The maximum absolute atomic E-state index is 13.5. The quantitative estimate of drug-likeness (QED) is 0.104. The highest BCUT2D eigenvalue weighted by molar-refractivity contribution is 8.00. The molecule has 1 aliphatic heterocycles. The number of H-pyrrole nitrogens is 1. The van der Waals surface area contributed by atoms with Gasteiger partial charge in [0.15, 0.2) is 23.5 Å². The summed E-state index contributed by atoms with van der Waals surface area (Å²) in [6, 6.07) is 24.1. The molecule has 14 nitrogen and oxygen atoms in total. The first-order valence-corrected chi connectivity index (χ1v) is 17.5. The molecule has 15 heteroatoms. The highest BCUT2D eigenvalue weighted by Crippen LogP contribution is 2.35. The molecule has 272 valence electrons. The number of nitrogens with one attached hydrogen (secondary N) is 1. The lowest BCUT2D eigenvalue weighted by Gasteiger charge is -2.24. The highest BCUT2D eigenvalue weighted by atomic mass is 32.2. The zero-order valence-electron chi connectivity index (χ0n) is 28.4. The molecule has 5 unspecified atom stereocenters. The Morgan fingerprint density at radius 1 is 0.788 bits per heavy atom. The van der Waals surface area contributed by atoms with Gasteiger partial charge in [0.25, 0.3) is 5.56 Å². The monoisotopic (exact) mass is 731 g/mol. The summed E-state index contributed by atoms with van der Waals surface area (Å²) in [6.07, 6.45) is -4.14. The smallest absolute Gasteiger partial charge is 0.347 e. The maximum Gasteiger partial charge on any atom is 0.347 e. The van der Waals surface area contributed by atoms with Crippen LogP contribution in [0.1, 0.15) is 70.4 Å². The van der Waals surface area contributed by atoms with Crippen molar-refractivity contribution in [2.45, 2.75) is 67.9 Å². The number of ether oxygens (including phenoxy) is 5. The number of carbonyl (C=O) groups excluding carboxylic acids is 4. The summed E-state index contributed by atoms with van der Waals surface area (Å²) in [5.74, 6) is -2.94. The Labute approximate surface area is 302 Å². The molecule has 2 heterocycles. The number of thioether (sulfide) groups is 1. The number of hydrogen-bond acceptors (Lipinski definition) is 13. The van der Waals surface area contributed by atoms with Gasteiger partial charge in [0.2, 0.25) is 0 Å². The summed E-state index contributed by atoms with van der Waals surface area (Å²) < 4.78 is 29.5. The average molecular weight is 732 g/mol. The van der Waals surface area contributed by atoms with E-state index in [4.69, 9.17) is 23.7 Å². The molecule has 5 atom stereocenters. The first kappa shape index (κ1) is 37.7. The van der Waals surface area contributed by atoms with Gasteiger partial charge in [-0.2, -0.15) is 9.78 Å². The van der Waals surface area contributed by atoms with Crippen LogP contribution in [0.15, 0.2) is 106 Å². The predicted octanol–water partition coefficient (Wildman–Crippen LogP) is 4.35. The van der Waals surface area contributed by atoms with Crippen molar-refractivity contribution in [1.82, 2.24) is 14.8 Å². The van der Waals surface area contributed by atoms with E-state index in [0.29, 0.717) is 12.8 Å². The van der Waals surface area contributed by atoms with Crippen molar-refractivity contribution in [2.75, 3.05) is 13.2 Å². The van der Waals surface area contributed by atoms with Crippen LogP contribution in [0.3, 0.4) is 0 Å². The van der Waals surface area contributed by atoms with Crippen LogP contribution in [0.2, 0.25) is 0 Å². The largest absolute Gasteiger partial charge is 0.465 e. The molecule has 1 fully saturated rings. The normalized spacial score (nSPS) is 18.6.